The molecule has 0 spiro atoms. The first-order valence-electron chi connectivity index (χ1n) is 10.5. The molecule has 0 unspecified atom stereocenters. The molecule has 0 bridgehead atoms. The lowest BCUT2D eigenvalue weighted by atomic mass is 10.0. The van der Waals surface area contributed by atoms with Crippen LogP contribution in [0.25, 0.3) is 6.08 Å². The number of halogens is 2. The van der Waals surface area contributed by atoms with Crippen molar-refractivity contribution in [1.82, 2.24) is 10.2 Å². The molecule has 0 atom stereocenters. The molecule has 2 aliphatic rings. The van der Waals surface area contributed by atoms with Gasteiger partial charge in [-0.2, -0.15) is 0 Å². The second kappa shape index (κ2) is 10.1. The van der Waals surface area contributed by atoms with Crippen molar-refractivity contribution < 1.29 is 23.9 Å². The van der Waals surface area contributed by atoms with E-state index in [1.165, 1.54) is 13.2 Å². The van der Waals surface area contributed by atoms with Crippen molar-refractivity contribution in [3.8, 4) is 11.5 Å². The molecule has 1 aliphatic carbocycles. The number of methoxy groups -OCH3 is 1. The molecule has 2 aromatic rings. The number of imide groups is 2. The third-order valence-electron chi connectivity index (χ3n) is 5.68. The Bertz CT molecular complexity index is 1130. The van der Waals surface area contributed by atoms with E-state index >= 15 is 0 Å². The lowest BCUT2D eigenvalue weighted by Gasteiger charge is -2.31. The third-order valence-corrected chi connectivity index (χ3v) is 6.68. The van der Waals surface area contributed by atoms with Gasteiger partial charge in [0.25, 0.3) is 11.8 Å². The minimum atomic E-state index is -0.728. The zero-order valence-electron chi connectivity index (χ0n) is 17.9. The van der Waals surface area contributed by atoms with Crippen molar-refractivity contribution in [2.75, 3.05) is 7.11 Å². The van der Waals surface area contributed by atoms with Gasteiger partial charge in [-0.1, -0.05) is 36.6 Å². The average Bonchev–Trinajstić information content (AvgIpc) is 3.31. The molecule has 0 radical (unpaired) electrons. The van der Waals surface area contributed by atoms with Gasteiger partial charge in [0.05, 0.1) is 12.1 Å². The Morgan fingerprint density at radius 2 is 1.85 bits per heavy atom. The Hall–Kier alpha value is -2.59. The molecule has 7 nitrogen and oxygen atoms in total. The maximum Gasteiger partial charge on any atom is 0.331 e. The predicted molar refractivity (Wildman–Crippen MR) is 132 cm³/mol. The zero-order chi connectivity index (χ0) is 23.5. The van der Waals surface area contributed by atoms with Crippen molar-refractivity contribution in [2.24, 2.45) is 0 Å². The first-order chi connectivity index (χ1) is 15.9. The number of hydrogen-bond donors (Lipinski definition) is 1. The van der Waals surface area contributed by atoms with Crippen LogP contribution in [0.4, 0.5) is 4.79 Å². The molecule has 4 rings (SSSR count). The fraction of sp³-hybridized carbons (Fsp3) is 0.292. The smallest absolute Gasteiger partial charge is 0.331 e. The van der Waals surface area contributed by atoms with Crippen LogP contribution < -0.4 is 14.8 Å². The van der Waals surface area contributed by atoms with Gasteiger partial charge in [0.15, 0.2) is 11.5 Å². The highest BCUT2D eigenvalue weighted by molar-refractivity contribution is 14.1. The number of nitrogens with one attached hydrogen (secondary N) is 1. The lowest BCUT2D eigenvalue weighted by molar-refractivity contribution is -0.131. The van der Waals surface area contributed by atoms with E-state index in [0.29, 0.717) is 23.7 Å². The van der Waals surface area contributed by atoms with Crippen LogP contribution in [0.1, 0.15) is 36.8 Å². The Morgan fingerprint density at radius 3 is 2.52 bits per heavy atom. The van der Waals surface area contributed by atoms with Gasteiger partial charge in [-0.05, 0) is 76.9 Å². The van der Waals surface area contributed by atoms with E-state index in [1.54, 1.807) is 12.1 Å². The minimum Gasteiger partial charge on any atom is -0.493 e. The van der Waals surface area contributed by atoms with Crippen molar-refractivity contribution in [2.45, 2.75) is 38.3 Å². The number of nitrogens with zero attached hydrogens (tertiary/aromatic N) is 1. The molecule has 0 aromatic heterocycles. The van der Waals surface area contributed by atoms with E-state index in [1.807, 2.05) is 24.3 Å². The van der Waals surface area contributed by atoms with Crippen molar-refractivity contribution in [3.63, 3.8) is 0 Å². The van der Waals surface area contributed by atoms with Gasteiger partial charge in [0.2, 0.25) is 0 Å². The quantitative estimate of drug-likeness (QED) is 0.297. The minimum absolute atomic E-state index is 0.118. The Kier molecular flexibility index (Phi) is 7.23. The molecule has 33 heavy (non-hydrogen) atoms. The summed E-state index contributed by atoms with van der Waals surface area (Å²) in [7, 11) is 1.49. The summed E-state index contributed by atoms with van der Waals surface area (Å²) >= 11 is 8.70. The first-order valence-corrected chi connectivity index (χ1v) is 12.0. The second-order valence-electron chi connectivity index (χ2n) is 7.88. The molecule has 1 saturated heterocycles. The normalized spacial score (nSPS) is 18.1. The number of carbonyl (C=O) groups is 3. The summed E-state index contributed by atoms with van der Waals surface area (Å²) in [6.45, 7) is 0.298. The molecule has 2 aromatic carbocycles. The summed E-state index contributed by atoms with van der Waals surface area (Å²) in [5.74, 6) is -0.590. The maximum absolute atomic E-state index is 13.0. The number of ether oxygens (including phenoxy) is 2. The Balaban J connectivity index is 1.59. The van der Waals surface area contributed by atoms with Gasteiger partial charge < -0.3 is 9.47 Å². The van der Waals surface area contributed by atoms with Crippen LogP contribution in [-0.2, 0) is 16.2 Å². The maximum atomic E-state index is 13.0. The molecular weight excluding hydrogens is 559 g/mol. The molecule has 1 saturated carbocycles. The lowest BCUT2D eigenvalue weighted by Crippen LogP contribution is -2.57. The summed E-state index contributed by atoms with van der Waals surface area (Å²) in [6.07, 6.45) is 4.81. The van der Waals surface area contributed by atoms with Crippen LogP contribution in [0.2, 0.25) is 5.02 Å². The van der Waals surface area contributed by atoms with Crippen molar-refractivity contribution >= 4 is 58.1 Å². The standard InChI is InChI=1S/C24H22ClIN2O5/c1-32-20-12-15(11-19(25)21(20)33-13-14-6-8-16(26)9-7-14)10-18-22(29)27-24(31)28(23(18)30)17-4-2-3-5-17/h6-12,17H,2-5,13H2,1H3,(H,27,29,31)/b18-10+. The molecule has 9 heteroatoms. The molecule has 1 N–H and O–H groups in total. The highest BCUT2D eigenvalue weighted by atomic mass is 127. The third kappa shape index (κ3) is 5.16. The Labute approximate surface area is 210 Å². The van der Waals surface area contributed by atoms with Gasteiger partial charge >= 0.3 is 6.03 Å². The van der Waals surface area contributed by atoms with E-state index in [0.717, 1.165) is 39.7 Å². The van der Waals surface area contributed by atoms with E-state index in [4.69, 9.17) is 21.1 Å². The average molecular weight is 581 g/mol. The number of carbonyl (C=O) groups excluding carboxylic acids is 3. The fourth-order valence-electron chi connectivity index (χ4n) is 4.03. The van der Waals surface area contributed by atoms with Crippen LogP contribution in [0.3, 0.4) is 0 Å². The number of benzene rings is 2. The molecule has 1 aliphatic heterocycles. The van der Waals surface area contributed by atoms with Gasteiger partial charge in [0, 0.05) is 9.61 Å². The number of urea groups is 1. The predicted octanol–water partition coefficient (Wildman–Crippen LogP) is 4.94. The summed E-state index contributed by atoms with van der Waals surface area (Å²) in [5.41, 5.74) is 1.34. The van der Waals surface area contributed by atoms with E-state index in [-0.39, 0.29) is 16.6 Å². The summed E-state index contributed by atoms with van der Waals surface area (Å²) in [5, 5.41) is 2.55. The highest BCUT2D eigenvalue weighted by Crippen LogP contribution is 2.38. The summed E-state index contributed by atoms with van der Waals surface area (Å²) in [4.78, 5) is 38.9. The SMILES string of the molecule is COc1cc(/C=C2\C(=O)NC(=O)N(C3CCCC3)C2=O)cc(Cl)c1OCc1ccc(I)cc1. The van der Waals surface area contributed by atoms with Gasteiger partial charge in [0.1, 0.15) is 12.2 Å². The summed E-state index contributed by atoms with van der Waals surface area (Å²) < 4.78 is 12.5. The molecular formula is C24H22ClIN2O5. The molecule has 4 amide bonds. The number of rotatable bonds is 6. The van der Waals surface area contributed by atoms with Crippen LogP contribution in [0.5, 0.6) is 11.5 Å². The highest BCUT2D eigenvalue weighted by Gasteiger charge is 2.40. The van der Waals surface area contributed by atoms with Crippen LogP contribution >= 0.6 is 34.2 Å². The van der Waals surface area contributed by atoms with Crippen LogP contribution in [0, 0.1) is 3.57 Å². The van der Waals surface area contributed by atoms with E-state index in [2.05, 4.69) is 27.9 Å². The second-order valence-corrected chi connectivity index (χ2v) is 9.53. The monoisotopic (exact) mass is 580 g/mol. The van der Waals surface area contributed by atoms with Gasteiger partial charge in [-0.15, -0.1) is 0 Å². The number of barbiturate groups is 1. The topological polar surface area (TPSA) is 84.9 Å². The van der Waals surface area contributed by atoms with Gasteiger partial charge in [-0.25, -0.2) is 4.79 Å². The van der Waals surface area contributed by atoms with Crippen LogP contribution in [-0.4, -0.2) is 35.9 Å². The first kappa shape index (κ1) is 23.6. The van der Waals surface area contributed by atoms with E-state index in [9.17, 15) is 14.4 Å². The number of amides is 4. The van der Waals surface area contributed by atoms with Crippen molar-refractivity contribution in [1.29, 1.82) is 0 Å². The largest absolute Gasteiger partial charge is 0.493 e. The molecule has 172 valence electrons. The fourth-order valence-corrected chi connectivity index (χ4v) is 4.66. The molecule has 1 heterocycles. The molecule has 2 fully saturated rings. The zero-order valence-corrected chi connectivity index (χ0v) is 20.8. The Morgan fingerprint density at radius 1 is 1.15 bits per heavy atom. The van der Waals surface area contributed by atoms with Gasteiger partial charge in [-0.3, -0.25) is 19.8 Å². The summed E-state index contributed by atoms with van der Waals surface area (Å²) in [6, 6.07) is 10.3. The van der Waals surface area contributed by atoms with Crippen molar-refractivity contribution in [3.05, 3.63) is 61.7 Å². The number of hydrogen-bond acceptors (Lipinski definition) is 5. The van der Waals surface area contributed by atoms with E-state index < -0.39 is 17.8 Å². The van der Waals surface area contributed by atoms with Crippen LogP contribution in [0.15, 0.2) is 42.0 Å².